The summed E-state index contributed by atoms with van der Waals surface area (Å²) in [6, 6.07) is 5.73. The van der Waals surface area contributed by atoms with Gasteiger partial charge in [0.05, 0.1) is 24.4 Å². The lowest BCUT2D eigenvalue weighted by Gasteiger charge is -2.34. The van der Waals surface area contributed by atoms with E-state index in [1.165, 1.54) is 0 Å². The van der Waals surface area contributed by atoms with E-state index in [2.05, 4.69) is 32.4 Å². The normalized spacial score (nSPS) is 23.7. The van der Waals surface area contributed by atoms with Gasteiger partial charge in [0.2, 0.25) is 11.9 Å². The van der Waals surface area contributed by atoms with Gasteiger partial charge in [0.25, 0.3) is 5.91 Å². The number of rotatable bonds is 7. The number of hydrogen-bond acceptors (Lipinski definition) is 8. The highest BCUT2D eigenvalue weighted by Gasteiger charge is 2.42. The van der Waals surface area contributed by atoms with E-state index in [1.807, 2.05) is 6.92 Å². The van der Waals surface area contributed by atoms with Gasteiger partial charge in [-0.15, -0.1) is 6.58 Å². The van der Waals surface area contributed by atoms with Crippen molar-refractivity contribution in [3.05, 3.63) is 42.6 Å². The number of fused-ring (bicyclic) bond motifs is 1. The lowest BCUT2D eigenvalue weighted by molar-refractivity contribution is -0.124. The summed E-state index contributed by atoms with van der Waals surface area (Å²) in [7, 11) is 3.34. The zero-order valence-corrected chi connectivity index (χ0v) is 23.1. The predicted octanol–water partition coefficient (Wildman–Crippen LogP) is 3.63. The fourth-order valence-electron chi connectivity index (χ4n) is 5.83. The van der Waals surface area contributed by atoms with Gasteiger partial charge in [-0.25, -0.2) is 4.98 Å². The molecule has 208 valence electrons. The van der Waals surface area contributed by atoms with E-state index in [1.54, 1.807) is 49.5 Å². The molecule has 1 saturated heterocycles. The average Bonchev–Trinajstić information content (AvgIpc) is 3.48. The number of benzene rings is 1. The van der Waals surface area contributed by atoms with Gasteiger partial charge in [-0.05, 0) is 57.4 Å². The molecule has 3 N–H and O–H groups in total. The second-order valence-corrected chi connectivity index (χ2v) is 11.0. The maximum atomic E-state index is 13.4. The minimum atomic E-state index is -0.737. The first-order chi connectivity index (χ1) is 18.8. The number of aromatic nitrogens is 2. The SMILES string of the molecule is C=CC1(C)CN(C2CCCC2)c2nc(Nc3ccc(C(=O)NC4CCCNC4)cc3OC)ncc2N(C)C1=O. The lowest BCUT2D eigenvalue weighted by Crippen LogP contribution is -2.45. The Balaban J connectivity index is 1.42. The van der Waals surface area contributed by atoms with Crippen molar-refractivity contribution in [3.63, 3.8) is 0 Å². The molecule has 2 aliphatic heterocycles. The van der Waals surface area contributed by atoms with Gasteiger partial charge in [-0.3, -0.25) is 9.59 Å². The minimum absolute atomic E-state index is 0.0249. The molecule has 0 spiro atoms. The Morgan fingerprint density at radius 1 is 1.26 bits per heavy atom. The molecule has 10 heteroatoms. The molecule has 1 aromatic heterocycles. The summed E-state index contributed by atoms with van der Waals surface area (Å²) < 4.78 is 5.62. The number of carbonyl (C=O) groups excluding carboxylic acids is 2. The third-order valence-corrected chi connectivity index (χ3v) is 8.23. The molecule has 2 aromatic rings. The molecule has 0 bridgehead atoms. The summed E-state index contributed by atoms with van der Waals surface area (Å²) in [6.45, 7) is 8.20. The Morgan fingerprint density at radius 2 is 2.05 bits per heavy atom. The fraction of sp³-hybridized carbons (Fsp3) is 0.517. The average molecular weight is 534 g/mol. The standard InChI is InChI=1S/C29H39N7O3/c1-5-29(2)18-36(21-10-6-7-11-21)25-23(35(3)27(29)38)17-31-28(34-25)33-22-13-12-19(15-24(22)39-4)26(37)32-20-9-8-14-30-16-20/h5,12-13,15,17,20-21,30H,1,6-11,14,16,18H2,2-4H3,(H,32,37)(H,31,33,34). The molecule has 2 atom stereocenters. The van der Waals surface area contributed by atoms with Crippen LogP contribution in [0.2, 0.25) is 0 Å². The van der Waals surface area contributed by atoms with Crippen molar-refractivity contribution in [2.24, 2.45) is 5.41 Å². The summed E-state index contributed by atoms with van der Waals surface area (Å²) in [5.41, 5.74) is 1.12. The summed E-state index contributed by atoms with van der Waals surface area (Å²) >= 11 is 0. The van der Waals surface area contributed by atoms with Crippen LogP contribution in [0, 0.1) is 5.41 Å². The van der Waals surface area contributed by atoms with Gasteiger partial charge in [-0.2, -0.15) is 4.98 Å². The molecule has 2 unspecified atom stereocenters. The van der Waals surface area contributed by atoms with Gasteiger partial charge >= 0.3 is 0 Å². The predicted molar refractivity (Wildman–Crippen MR) is 153 cm³/mol. The summed E-state index contributed by atoms with van der Waals surface area (Å²) in [5.74, 6) is 1.49. The van der Waals surface area contributed by atoms with Crippen molar-refractivity contribution in [2.75, 3.05) is 48.9 Å². The molecule has 5 rings (SSSR count). The molecule has 3 aliphatic rings. The van der Waals surface area contributed by atoms with Gasteiger partial charge in [0.15, 0.2) is 5.82 Å². The van der Waals surface area contributed by atoms with E-state index in [4.69, 9.17) is 9.72 Å². The number of ether oxygens (including phenoxy) is 1. The summed E-state index contributed by atoms with van der Waals surface area (Å²) in [4.78, 5) is 39.6. The second-order valence-electron chi connectivity index (χ2n) is 11.0. The highest BCUT2D eigenvalue weighted by molar-refractivity contribution is 6.02. The molecule has 2 amide bonds. The monoisotopic (exact) mass is 533 g/mol. The van der Waals surface area contributed by atoms with Crippen LogP contribution >= 0.6 is 0 Å². The number of piperidine rings is 1. The van der Waals surface area contributed by atoms with Crippen LogP contribution in [-0.2, 0) is 4.79 Å². The highest BCUT2D eigenvalue weighted by atomic mass is 16.5. The third-order valence-electron chi connectivity index (χ3n) is 8.23. The van der Waals surface area contributed by atoms with Crippen molar-refractivity contribution in [2.45, 2.75) is 57.5 Å². The molecule has 39 heavy (non-hydrogen) atoms. The second kappa shape index (κ2) is 11.2. The first kappa shape index (κ1) is 26.9. The molecular weight excluding hydrogens is 494 g/mol. The number of nitrogens with one attached hydrogen (secondary N) is 3. The number of amides is 2. The summed E-state index contributed by atoms with van der Waals surface area (Å²) in [5, 5.41) is 9.69. The van der Waals surface area contributed by atoms with Crippen molar-refractivity contribution in [3.8, 4) is 5.75 Å². The van der Waals surface area contributed by atoms with Crippen molar-refractivity contribution in [1.82, 2.24) is 20.6 Å². The largest absolute Gasteiger partial charge is 0.495 e. The van der Waals surface area contributed by atoms with Gasteiger partial charge in [0.1, 0.15) is 11.4 Å². The van der Waals surface area contributed by atoms with Crippen molar-refractivity contribution >= 4 is 35.0 Å². The Kier molecular flexibility index (Phi) is 7.74. The Bertz CT molecular complexity index is 1240. The van der Waals surface area contributed by atoms with Gasteiger partial charge < -0.3 is 30.5 Å². The Hall–Kier alpha value is -3.66. The van der Waals surface area contributed by atoms with E-state index >= 15 is 0 Å². The van der Waals surface area contributed by atoms with Gasteiger partial charge in [0, 0.05) is 37.8 Å². The molecule has 1 saturated carbocycles. The van der Waals surface area contributed by atoms with Crippen LogP contribution in [0.4, 0.5) is 23.1 Å². The fourth-order valence-corrected chi connectivity index (χ4v) is 5.83. The number of methoxy groups -OCH3 is 1. The molecule has 0 radical (unpaired) electrons. The smallest absolute Gasteiger partial charge is 0.251 e. The number of carbonyl (C=O) groups is 2. The van der Waals surface area contributed by atoms with Crippen LogP contribution in [0.15, 0.2) is 37.1 Å². The zero-order chi connectivity index (χ0) is 27.6. The third kappa shape index (κ3) is 5.43. The van der Waals surface area contributed by atoms with E-state index in [9.17, 15) is 9.59 Å². The first-order valence-electron chi connectivity index (χ1n) is 13.8. The van der Waals surface area contributed by atoms with Gasteiger partial charge in [-0.1, -0.05) is 18.9 Å². The molecule has 1 aromatic carbocycles. The van der Waals surface area contributed by atoms with Crippen LogP contribution in [0.3, 0.4) is 0 Å². The quantitative estimate of drug-likeness (QED) is 0.463. The maximum absolute atomic E-state index is 13.4. The van der Waals surface area contributed by atoms with Crippen molar-refractivity contribution in [1.29, 1.82) is 0 Å². The molecule has 3 heterocycles. The van der Waals surface area contributed by atoms with E-state index in [0.717, 1.165) is 57.4 Å². The Labute approximate surface area is 230 Å². The molecule has 10 nitrogen and oxygen atoms in total. The first-order valence-corrected chi connectivity index (χ1v) is 13.8. The topological polar surface area (TPSA) is 112 Å². The minimum Gasteiger partial charge on any atom is -0.495 e. The Morgan fingerprint density at radius 3 is 2.74 bits per heavy atom. The van der Waals surface area contributed by atoms with Crippen LogP contribution in [-0.4, -0.2) is 67.7 Å². The molecule has 2 fully saturated rings. The van der Waals surface area contributed by atoms with Crippen molar-refractivity contribution < 1.29 is 14.3 Å². The lowest BCUT2D eigenvalue weighted by atomic mass is 9.88. The van der Waals surface area contributed by atoms with Crippen LogP contribution in [0.5, 0.6) is 5.75 Å². The van der Waals surface area contributed by atoms with E-state index in [0.29, 0.717) is 41.2 Å². The summed E-state index contributed by atoms with van der Waals surface area (Å²) in [6.07, 6.45) is 9.91. The zero-order valence-electron chi connectivity index (χ0n) is 23.1. The number of anilines is 4. The van der Waals surface area contributed by atoms with E-state index < -0.39 is 5.41 Å². The highest BCUT2D eigenvalue weighted by Crippen LogP contribution is 2.41. The molecule has 1 aliphatic carbocycles. The maximum Gasteiger partial charge on any atom is 0.251 e. The number of hydrogen-bond donors (Lipinski definition) is 3. The van der Waals surface area contributed by atoms with Crippen LogP contribution in [0.1, 0.15) is 55.8 Å². The van der Waals surface area contributed by atoms with E-state index in [-0.39, 0.29) is 17.9 Å². The van der Waals surface area contributed by atoms with Crippen LogP contribution in [0.25, 0.3) is 0 Å². The van der Waals surface area contributed by atoms with Crippen LogP contribution < -0.4 is 30.5 Å². The molecular formula is C29H39N7O3. The number of nitrogens with zero attached hydrogens (tertiary/aromatic N) is 4.